The maximum atomic E-state index is 10.2. The molecule has 0 radical (unpaired) electrons. The first-order chi connectivity index (χ1) is 6.81. The van der Waals surface area contributed by atoms with Gasteiger partial charge in [0.2, 0.25) is 0 Å². The summed E-state index contributed by atoms with van der Waals surface area (Å²) in [6.07, 6.45) is 13.9. The molecule has 82 valence electrons. The lowest BCUT2D eigenvalue weighted by Crippen LogP contribution is -1.89. The zero-order valence-electron chi connectivity index (χ0n) is 9.67. The number of rotatable bonds is 9. The van der Waals surface area contributed by atoms with Gasteiger partial charge in [-0.3, -0.25) is 0 Å². The third-order valence-electron chi connectivity index (χ3n) is 2.41. The van der Waals surface area contributed by atoms with Crippen LogP contribution in [0.1, 0.15) is 58.8 Å². The van der Waals surface area contributed by atoms with Gasteiger partial charge in [-0.15, -0.1) is 0 Å². The van der Waals surface area contributed by atoms with E-state index in [1.165, 1.54) is 38.5 Å². The van der Waals surface area contributed by atoms with Crippen molar-refractivity contribution in [2.24, 2.45) is 5.92 Å². The van der Waals surface area contributed by atoms with Gasteiger partial charge in [-0.05, 0) is 18.8 Å². The topological polar surface area (TPSA) is 17.1 Å². The summed E-state index contributed by atoms with van der Waals surface area (Å²) in [6.45, 7) is 4.32. The summed E-state index contributed by atoms with van der Waals surface area (Å²) in [5, 5.41) is 0. The fraction of sp³-hybridized carbons (Fsp3) is 0.769. The van der Waals surface area contributed by atoms with Gasteiger partial charge >= 0.3 is 0 Å². The van der Waals surface area contributed by atoms with Crippen LogP contribution in [0.15, 0.2) is 12.2 Å². The third-order valence-corrected chi connectivity index (χ3v) is 2.41. The van der Waals surface area contributed by atoms with E-state index in [1.54, 1.807) is 0 Å². The highest BCUT2D eigenvalue weighted by Crippen LogP contribution is 2.07. The lowest BCUT2D eigenvalue weighted by molar-refractivity contribution is -0.108. The Morgan fingerprint density at radius 2 is 1.86 bits per heavy atom. The molecule has 0 aromatic carbocycles. The van der Waals surface area contributed by atoms with Gasteiger partial charge in [0, 0.05) is 6.42 Å². The summed E-state index contributed by atoms with van der Waals surface area (Å²) in [4.78, 5) is 10.2. The second kappa shape index (κ2) is 10.5. The molecule has 0 aromatic heterocycles. The Morgan fingerprint density at radius 1 is 1.14 bits per heavy atom. The van der Waals surface area contributed by atoms with Gasteiger partial charge < -0.3 is 4.79 Å². The van der Waals surface area contributed by atoms with Crippen LogP contribution in [-0.2, 0) is 4.79 Å². The van der Waals surface area contributed by atoms with Crippen LogP contribution < -0.4 is 0 Å². The number of unbranched alkanes of at least 4 members (excludes halogenated alkanes) is 5. The molecule has 0 aliphatic heterocycles. The van der Waals surface area contributed by atoms with Crippen LogP contribution in [0.5, 0.6) is 0 Å². The first kappa shape index (κ1) is 13.4. The normalized spacial score (nSPS) is 13.3. The Bertz CT molecular complexity index is 149. The Kier molecular flexibility index (Phi) is 10.0. The van der Waals surface area contributed by atoms with Crippen LogP contribution in [0, 0.1) is 5.92 Å². The van der Waals surface area contributed by atoms with Crippen molar-refractivity contribution < 1.29 is 4.79 Å². The summed E-state index contributed by atoms with van der Waals surface area (Å²) in [7, 11) is 0. The number of hydrogen-bond acceptors (Lipinski definition) is 1. The Labute approximate surface area is 88.6 Å². The van der Waals surface area contributed by atoms with Crippen molar-refractivity contribution in [3.63, 3.8) is 0 Å². The number of carbonyl (C=O) groups excluding carboxylic acids is 1. The van der Waals surface area contributed by atoms with E-state index in [-0.39, 0.29) is 0 Å². The number of hydrogen-bond donors (Lipinski definition) is 0. The standard InChI is InChI=1S/C13H24O/c1-3-4-5-6-7-8-9-10-13(2)11-12-14/h9-10,12-13H,3-8,11H2,1-2H3. The molecule has 14 heavy (non-hydrogen) atoms. The van der Waals surface area contributed by atoms with Gasteiger partial charge in [-0.2, -0.15) is 0 Å². The molecule has 0 spiro atoms. The first-order valence-corrected chi connectivity index (χ1v) is 5.91. The zero-order valence-corrected chi connectivity index (χ0v) is 9.67. The molecule has 0 bridgehead atoms. The summed E-state index contributed by atoms with van der Waals surface area (Å²) in [5.41, 5.74) is 0. The van der Waals surface area contributed by atoms with Crippen molar-refractivity contribution in [1.29, 1.82) is 0 Å². The van der Waals surface area contributed by atoms with E-state index in [0.717, 1.165) is 6.29 Å². The van der Waals surface area contributed by atoms with Crippen molar-refractivity contribution in [2.75, 3.05) is 0 Å². The maximum absolute atomic E-state index is 10.2. The highest BCUT2D eigenvalue weighted by Gasteiger charge is 1.93. The van der Waals surface area contributed by atoms with Gasteiger partial charge in [0.1, 0.15) is 6.29 Å². The lowest BCUT2D eigenvalue weighted by Gasteiger charge is -1.99. The SMILES string of the molecule is CCCCCCCC=CC(C)CC=O. The maximum Gasteiger partial charge on any atom is 0.120 e. The van der Waals surface area contributed by atoms with Crippen LogP contribution in [0.3, 0.4) is 0 Å². The van der Waals surface area contributed by atoms with E-state index in [2.05, 4.69) is 26.0 Å². The minimum absolute atomic E-state index is 0.420. The van der Waals surface area contributed by atoms with Gasteiger partial charge in [0.15, 0.2) is 0 Å². The number of carbonyl (C=O) groups is 1. The predicted molar refractivity (Wildman–Crippen MR) is 62.4 cm³/mol. The van der Waals surface area contributed by atoms with E-state index in [9.17, 15) is 4.79 Å². The van der Waals surface area contributed by atoms with E-state index >= 15 is 0 Å². The van der Waals surface area contributed by atoms with Crippen LogP contribution in [0.4, 0.5) is 0 Å². The van der Waals surface area contributed by atoms with Crippen LogP contribution in [0.25, 0.3) is 0 Å². The smallest absolute Gasteiger partial charge is 0.120 e. The Balaban J connectivity index is 3.21. The van der Waals surface area contributed by atoms with E-state index < -0.39 is 0 Å². The molecule has 0 saturated heterocycles. The Hall–Kier alpha value is -0.590. The molecule has 1 unspecified atom stereocenters. The van der Waals surface area contributed by atoms with Crippen molar-refractivity contribution in [3.8, 4) is 0 Å². The molecule has 0 aromatic rings. The molecule has 0 aliphatic carbocycles. The lowest BCUT2D eigenvalue weighted by atomic mass is 10.1. The molecule has 1 atom stereocenters. The van der Waals surface area contributed by atoms with Gasteiger partial charge in [0.05, 0.1) is 0 Å². The second-order valence-electron chi connectivity index (χ2n) is 4.01. The highest BCUT2D eigenvalue weighted by atomic mass is 16.1. The molecule has 0 rings (SSSR count). The van der Waals surface area contributed by atoms with Gasteiger partial charge in [-0.25, -0.2) is 0 Å². The van der Waals surface area contributed by atoms with Crippen molar-refractivity contribution in [1.82, 2.24) is 0 Å². The van der Waals surface area contributed by atoms with Gasteiger partial charge in [-0.1, -0.05) is 51.7 Å². The summed E-state index contributed by atoms with van der Waals surface area (Å²) in [6, 6.07) is 0. The summed E-state index contributed by atoms with van der Waals surface area (Å²) < 4.78 is 0. The van der Waals surface area contributed by atoms with E-state index in [1.807, 2.05) is 0 Å². The fourth-order valence-electron chi connectivity index (χ4n) is 1.42. The van der Waals surface area contributed by atoms with Crippen LogP contribution in [0.2, 0.25) is 0 Å². The third kappa shape index (κ3) is 9.50. The monoisotopic (exact) mass is 196 g/mol. The quantitative estimate of drug-likeness (QED) is 0.308. The van der Waals surface area contributed by atoms with Crippen molar-refractivity contribution in [2.45, 2.75) is 58.8 Å². The molecule has 0 saturated carbocycles. The zero-order chi connectivity index (χ0) is 10.6. The average Bonchev–Trinajstić information content (AvgIpc) is 2.17. The van der Waals surface area contributed by atoms with E-state index in [4.69, 9.17) is 0 Å². The number of allylic oxidation sites excluding steroid dienone is 2. The molecule has 0 heterocycles. The van der Waals surface area contributed by atoms with E-state index in [0.29, 0.717) is 12.3 Å². The molecule has 1 heteroatoms. The molecular formula is C13H24O. The Morgan fingerprint density at radius 3 is 2.50 bits per heavy atom. The molecule has 0 N–H and O–H groups in total. The minimum Gasteiger partial charge on any atom is -0.303 e. The average molecular weight is 196 g/mol. The number of aldehydes is 1. The molecule has 0 fully saturated rings. The van der Waals surface area contributed by atoms with Crippen LogP contribution >= 0.6 is 0 Å². The van der Waals surface area contributed by atoms with Crippen LogP contribution in [-0.4, -0.2) is 6.29 Å². The highest BCUT2D eigenvalue weighted by molar-refractivity contribution is 5.50. The summed E-state index contributed by atoms with van der Waals surface area (Å²) >= 11 is 0. The van der Waals surface area contributed by atoms with Crippen molar-refractivity contribution in [3.05, 3.63) is 12.2 Å². The van der Waals surface area contributed by atoms with Gasteiger partial charge in [0.25, 0.3) is 0 Å². The molecule has 0 amide bonds. The molecule has 1 nitrogen and oxygen atoms in total. The van der Waals surface area contributed by atoms with Crippen molar-refractivity contribution >= 4 is 6.29 Å². The summed E-state index contributed by atoms with van der Waals surface area (Å²) in [5.74, 6) is 0.420. The predicted octanol–water partition coefficient (Wildman–Crippen LogP) is 4.13. The first-order valence-electron chi connectivity index (χ1n) is 5.91. The second-order valence-corrected chi connectivity index (χ2v) is 4.01. The minimum atomic E-state index is 0.420. The largest absolute Gasteiger partial charge is 0.303 e. The fourth-order valence-corrected chi connectivity index (χ4v) is 1.42. The molecular weight excluding hydrogens is 172 g/mol. The molecule has 0 aliphatic rings.